The van der Waals surface area contributed by atoms with Crippen LogP contribution in [0, 0.1) is 0 Å². The quantitative estimate of drug-likeness (QED) is 0.921. The van der Waals surface area contributed by atoms with Gasteiger partial charge in [-0.2, -0.15) is 0 Å². The van der Waals surface area contributed by atoms with E-state index in [1.54, 1.807) is 17.7 Å². The number of amides is 1. The fourth-order valence-corrected chi connectivity index (χ4v) is 3.56. The number of thiophene rings is 1. The third-order valence-electron chi connectivity index (χ3n) is 3.64. The summed E-state index contributed by atoms with van der Waals surface area (Å²) in [5.41, 5.74) is 5.35. The molecule has 1 fully saturated rings. The molecule has 0 bridgehead atoms. The molecule has 1 atom stereocenters. The number of anilines is 1. The number of nitrogens with two attached hydrogens (primary N) is 1. The zero-order valence-corrected chi connectivity index (χ0v) is 12.7. The molecule has 0 spiro atoms. The van der Waals surface area contributed by atoms with Gasteiger partial charge in [0.15, 0.2) is 0 Å². The van der Waals surface area contributed by atoms with Crippen molar-refractivity contribution >= 4 is 33.3 Å². The minimum absolute atomic E-state index is 0.0562. The Bertz CT molecular complexity index is 657. The van der Waals surface area contributed by atoms with Gasteiger partial charge in [-0.25, -0.2) is 9.97 Å². The molecule has 7 heteroatoms. The number of aryl methyl sites for hydroxylation is 1. The molecule has 0 radical (unpaired) electrons. The lowest BCUT2D eigenvalue weighted by molar-refractivity contribution is -0.118. The molecule has 2 aromatic rings. The first-order valence-electron chi connectivity index (χ1n) is 7.05. The number of rotatable bonds is 4. The van der Waals surface area contributed by atoms with Crippen LogP contribution in [0.1, 0.15) is 18.2 Å². The van der Waals surface area contributed by atoms with Crippen LogP contribution in [-0.2, 0) is 16.0 Å². The lowest BCUT2D eigenvalue weighted by atomic mass is 10.1. The summed E-state index contributed by atoms with van der Waals surface area (Å²) in [6.45, 7) is 3.97. The molecule has 3 heterocycles. The predicted octanol–water partition coefficient (Wildman–Crippen LogP) is 1.33. The standard InChI is InChI=1S/C14H18N4O2S/c1-2-10-6-11-13(16-8-17-14(11)21-10)18-3-4-20-7-9(18)5-12(15)19/h6,8-9H,2-5,7H2,1H3,(H2,15,19). The van der Waals surface area contributed by atoms with Gasteiger partial charge in [-0.05, 0) is 12.5 Å². The highest BCUT2D eigenvalue weighted by atomic mass is 32.1. The van der Waals surface area contributed by atoms with Crippen molar-refractivity contribution in [2.45, 2.75) is 25.8 Å². The van der Waals surface area contributed by atoms with Gasteiger partial charge in [0.1, 0.15) is 17.0 Å². The van der Waals surface area contributed by atoms with Crippen LogP contribution >= 0.6 is 11.3 Å². The number of ether oxygens (including phenoxy) is 1. The first kappa shape index (κ1) is 14.2. The van der Waals surface area contributed by atoms with Crippen LogP contribution in [0.4, 0.5) is 5.82 Å². The molecule has 1 aliphatic rings. The van der Waals surface area contributed by atoms with Crippen LogP contribution in [0.3, 0.4) is 0 Å². The first-order chi connectivity index (χ1) is 10.2. The van der Waals surface area contributed by atoms with E-state index in [4.69, 9.17) is 10.5 Å². The Morgan fingerprint density at radius 3 is 3.19 bits per heavy atom. The average molecular weight is 306 g/mol. The molecule has 2 N–H and O–H groups in total. The van der Waals surface area contributed by atoms with Crippen LogP contribution < -0.4 is 10.6 Å². The Hall–Kier alpha value is -1.73. The van der Waals surface area contributed by atoms with E-state index in [0.29, 0.717) is 19.8 Å². The minimum atomic E-state index is -0.319. The average Bonchev–Trinajstić information content (AvgIpc) is 2.90. The molecule has 0 aliphatic carbocycles. The Morgan fingerprint density at radius 1 is 1.57 bits per heavy atom. The van der Waals surface area contributed by atoms with Gasteiger partial charge in [0.05, 0.1) is 24.6 Å². The van der Waals surface area contributed by atoms with Crippen molar-refractivity contribution in [3.63, 3.8) is 0 Å². The highest BCUT2D eigenvalue weighted by Gasteiger charge is 2.27. The summed E-state index contributed by atoms with van der Waals surface area (Å²) in [5, 5.41) is 1.05. The monoisotopic (exact) mass is 306 g/mol. The Morgan fingerprint density at radius 2 is 2.43 bits per heavy atom. The summed E-state index contributed by atoms with van der Waals surface area (Å²) in [6, 6.07) is 2.09. The number of hydrogen-bond donors (Lipinski definition) is 1. The second-order valence-electron chi connectivity index (χ2n) is 5.07. The van der Waals surface area contributed by atoms with Crippen LogP contribution in [0.2, 0.25) is 0 Å². The second-order valence-corrected chi connectivity index (χ2v) is 6.19. The number of primary amides is 1. The maximum absolute atomic E-state index is 11.3. The third kappa shape index (κ3) is 2.84. The topological polar surface area (TPSA) is 81.3 Å². The molecular weight excluding hydrogens is 288 g/mol. The zero-order valence-electron chi connectivity index (χ0n) is 11.9. The van der Waals surface area contributed by atoms with E-state index < -0.39 is 0 Å². The molecule has 0 saturated carbocycles. The summed E-state index contributed by atoms with van der Waals surface area (Å²) in [6.07, 6.45) is 2.84. The Labute approximate surface area is 126 Å². The van der Waals surface area contributed by atoms with Gasteiger partial charge in [-0.1, -0.05) is 6.92 Å². The van der Waals surface area contributed by atoms with Crippen molar-refractivity contribution in [1.82, 2.24) is 9.97 Å². The van der Waals surface area contributed by atoms with E-state index in [2.05, 4.69) is 27.9 Å². The lowest BCUT2D eigenvalue weighted by Gasteiger charge is -2.36. The van der Waals surface area contributed by atoms with E-state index >= 15 is 0 Å². The van der Waals surface area contributed by atoms with E-state index in [9.17, 15) is 4.79 Å². The van der Waals surface area contributed by atoms with E-state index in [0.717, 1.165) is 22.5 Å². The third-order valence-corrected chi connectivity index (χ3v) is 4.83. The molecule has 2 aromatic heterocycles. The second kappa shape index (κ2) is 5.95. The SMILES string of the molecule is CCc1cc2c(N3CCOCC3CC(N)=O)ncnc2s1. The number of aromatic nitrogens is 2. The first-order valence-corrected chi connectivity index (χ1v) is 7.86. The molecule has 1 amide bonds. The van der Waals surface area contributed by atoms with Crippen molar-refractivity contribution in [3.05, 3.63) is 17.3 Å². The smallest absolute Gasteiger partial charge is 0.219 e. The van der Waals surface area contributed by atoms with Crippen molar-refractivity contribution < 1.29 is 9.53 Å². The van der Waals surface area contributed by atoms with Gasteiger partial charge in [0.25, 0.3) is 0 Å². The highest BCUT2D eigenvalue weighted by molar-refractivity contribution is 7.18. The largest absolute Gasteiger partial charge is 0.377 e. The molecule has 21 heavy (non-hydrogen) atoms. The van der Waals surface area contributed by atoms with Crippen molar-refractivity contribution in [3.8, 4) is 0 Å². The lowest BCUT2D eigenvalue weighted by Crippen LogP contribution is -2.47. The number of morpholine rings is 1. The molecule has 3 rings (SSSR count). The minimum Gasteiger partial charge on any atom is -0.377 e. The van der Waals surface area contributed by atoms with Gasteiger partial charge in [0, 0.05) is 17.8 Å². The van der Waals surface area contributed by atoms with Crippen molar-refractivity contribution in [1.29, 1.82) is 0 Å². The van der Waals surface area contributed by atoms with Gasteiger partial charge >= 0.3 is 0 Å². The predicted molar refractivity (Wildman–Crippen MR) is 82.6 cm³/mol. The van der Waals surface area contributed by atoms with E-state index in [1.807, 2.05) is 0 Å². The number of carbonyl (C=O) groups is 1. The Balaban J connectivity index is 2.00. The fourth-order valence-electron chi connectivity index (χ4n) is 2.63. The summed E-state index contributed by atoms with van der Waals surface area (Å²) >= 11 is 1.69. The summed E-state index contributed by atoms with van der Waals surface area (Å²) in [5.74, 6) is 0.561. The van der Waals surface area contributed by atoms with Crippen LogP contribution in [0.15, 0.2) is 12.4 Å². The van der Waals surface area contributed by atoms with E-state index in [1.165, 1.54) is 4.88 Å². The summed E-state index contributed by atoms with van der Waals surface area (Å²) in [4.78, 5) is 24.5. The van der Waals surface area contributed by atoms with Crippen molar-refractivity contribution in [2.24, 2.45) is 5.73 Å². The zero-order chi connectivity index (χ0) is 14.8. The molecule has 1 saturated heterocycles. The molecular formula is C14H18N4O2S. The highest BCUT2D eigenvalue weighted by Crippen LogP contribution is 2.32. The van der Waals surface area contributed by atoms with Crippen LogP contribution in [0.5, 0.6) is 0 Å². The number of fused-ring (bicyclic) bond motifs is 1. The van der Waals surface area contributed by atoms with E-state index in [-0.39, 0.29) is 18.4 Å². The maximum atomic E-state index is 11.3. The number of hydrogen-bond acceptors (Lipinski definition) is 6. The molecule has 112 valence electrons. The van der Waals surface area contributed by atoms with Gasteiger partial charge in [-0.15, -0.1) is 11.3 Å². The van der Waals surface area contributed by atoms with Gasteiger partial charge in [0.2, 0.25) is 5.91 Å². The van der Waals surface area contributed by atoms with Crippen LogP contribution in [0.25, 0.3) is 10.2 Å². The van der Waals surface area contributed by atoms with Gasteiger partial charge < -0.3 is 15.4 Å². The summed E-state index contributed by atoms with van der Waals surface area (Å²) in [7, 11) is 0. The Kier molecular flexibility index (Phi) is 4.03. The fraction of sp³-hybridized carbons (Fsp3) is 0.500. The summed E-state index contributed by atoms with van der Waals surface area (Å²) < 4.78 is 5.48. The normalized spacial score (nSPS) is 19.1. The van der Waals surface area contributed by atoms with Crippen LogP contribution in [-0.4, -0.2) is 41.7 Å². The van der Waals surface area contributed by atoms with Gasteiger partial charge in [-0.3, -0.25) is 4.79 Å². The molecule has 0 aromatic carbocycles. The molecule has 1 aliphatic heterocycles. The molecule has 6 nitrogen and oxygen atoms in total. The number of nitrogens with zero attached hydrogens (tertiary/aromatic N) is 3. The maximum Gasteiger partial charge on any atom is 0.219 e. The number of carbonyl (C=O) groups excluding carboxylic acids is 1. The molecule has 1 unspecified atom stereocenters. The van der Waals surface area contributed by atoms with Crippen molar-refractivity contribution in [2.75, 3.05) is 24.7 Å².